The molecular weight excluding hydrogens is 311 g/mol. The molecule has 1 aromatic carbocycles. The number of nitrogens with one attached hydrogen (secondary N) is 1. The number of nitriles is 2. The molecule has 0 spiro atoms. The number of rotatable bonds is 3. The Hall–Kier alpha value is -1.99. The van der Waals surface area contributed by atoms with Crippen molar-refractivity contribution in [3.05, 3.63) is 39.8 Å². The molecule has 1 aromatic rings. The van der Waals surface area contributed by atoms with Gasteiger partial charge in [-0.3, -0.25) is 0 Å². The lowest BCUT2D eigenvalue weighted by Crippen LogP contribution is -1.97. The van der Waals surface area contributed by atoms with Crippen molar-refractivity contribution in [2.24, 2.45) is 0 Å². The van der Waals surface area contributed by atoms with Gasteiger partial charge in [-0.05, 0) is 28.1 Å². The molecule has 1 N–H and O–H groups in total. The average Bonchev–Trinajstić information content (AvgIpc) is 2.32. The first-order valence-corrected chi connectivity index (χ1v) is 5.33. The topological polar surface area (TPSA) is 59.6 Å². The van der Waals surface area contributed by atoms with Gasteiger partial charge in [0.25, 0.3) is 6.43 Å². The van der Waals surface area contributed by atoms with Gasteiger partial charge < -0.3 is 5.32 Å². The van der Waals surface area contributed by atoms with E-state index < -0.39 is 17.8 Å². The van der Waals surface area contributed by atoms with E-state index in [2.05, 4.69) is 21.2 Å². The van der Waals surface area contributed by atoms with Crippen molar-refractivity contribution in [1.82, 2.24) is 0 Å². The van der Waals surface area contributed by atoms with E-state index in [1.54, 1.807) is 12.1 Å². The predicted molar refractivity (Wildman–Crippen MR) is 62.0 cm³/mol. The predicted octanol–water partition coefficient (Wildman–Crippen LogP) is 3.87. The van der Waals surface area contributed by atoms with Crippen LogP contribution in [0.5, 0.6) is 0 Å². The van der Waals surface area contributed by atoms with Gasteiger partial charge in [-0.25, -0.2) is 13.2 Å². The van der Waals surface area contributed by atoms with Crippen LogP contribution in [-0.4, -0.2) is 0 Å². The van der Waals surface area contributed by atoms with Crippen LogP contribution in [0.1, 0.15) is 12.0 Å². The van der Waals surface area contributed by atoms with Crippen LogP contribution < -0.4 is 5.32 Å². The van der Waals surface area contributed by atoms with Crippen molar-refractivity contribution in [1.29, 1.82) is 10.5 Å². The number of benzene rings is 1. The summed E-state index contributed by atoms with van der Waals surface area (Å²) < 4.78 is 38.3. The van der Waals surface area contributed by atoms with Crippen molar-refractivity contribution in [3.8, 4) is 12.1 Å². The fraction of sp³-hybridized carbons (Fsp3) is 0.0909. The maximum atomic E-state index is 13.5. The lowest BCUT2D eigenvalue weighted by Gasteiger charge is -2.08. The monoisotopic (exact) mass is 315 g/mol. The second kappa shape index (κ2) is 6.08. The molecule has 0 aliphatic rings. The quantitative estimate of drug-likeness (QED) is 0.861. The first kappa shape index (κ1) is 14.1. The zero-order valence-corrected chi connectivity index (χ0v) is 10.3. The number of allylic oxidation sites excluding steroid dienone is 1. The van der Waals surface area contributed by atoms with E-state index in [0.29, 0.717) is 6.07 Å². The van der Waals surface area contributed by atoms with Gasteiger partial charge in [0.1, 0.15) is 23.5 Å². The number of halogens is 4. The first-order valence-electron chi connectivity index (χ1n) is 4.53. The van der Waals surface area contributed by atoms with Crippen LogP contribution in [0.25, 0.3) is 0 Å². The van der Waals surface area contributed by atoms with Crippen LogP contribution in [0.15, 0.2) is 28.4 Å². The lowest BCUT2D eigenvalue weighted by atomic mass is 10.2. The van der Waals surface area contributed by atoms with Crippen molar-refractivity contribution < 1.29 is 13.2 Å². The van der Waals surface area contributed by atoms with Crippen LogP contribution in [0.3, 0.4) is 0 Å². The third kappa shape index (κ3) is 3.25. The molecule has 0 aromatic heterocycles. The molecular formula is C11H5BrF3N3. The Morgan fingerprint density at radius 1 is 1.33 bits per heavy atom. The van der Waals surface area contributed by atoms with Crippen LogP contribution in [-0.2, 0) is 0 Å². The highest BCUT2D eigenvalue weighted by Crippen LogP contribution is 2.31. The fourth-order valence-electron chi connectivity index (χ4n) is 1.09. The molecule has 18 heavy (non-hydrogen) atoms. The van der Waals surface area contributed by atoms with Gasteiger partial charge >= 0.3 is 0 Å². The molecule has 0 heterocycles. The highest BCUT2D eigenvalue weighted by atomic mass is 79.9. The molecule has 7 heteroatoms. The summed E-state index contributed by atoms with van der Waals surface area (Å²) in [5.74, 6) is -0.911. The Balaban J connectivity index is 3.10. The maximum absolute atomic E-state index is 13.5. The lowest BCUT2D eigenvalue weighted by molar-refractivity contribution is 0.151. The van der Waals surface area contributed by atoms with Crippen molar-refractivity contribution in [3.63, 3.8) is 0 Å². The summed E-state index contributed by atoms with van der Waals surface area (Å²) in [5, 5.41) is 19.3. The van der Waals surface area contributed by atoms with Gasteiger partial charge in [-0.2, -0.15) is 10.5 Å². The van der Waals surface area contributed by atoms with Gasteiger partial charge in [0, 0.05) is 16.2 Å². The molecule has 0 radical (unpaired) electrons. The van der Waals surface area contributed by atoms with Gasteiger partial charge in [-0.1, -0.05) is 0 Å². The summed E-state index contributed by atoms with van der Waals surface area (Å²) in [4.78, 5) is 0. The molecule has 0 bridgehead atoms. The van der Waals surface area contributed by atoms with Crippen molar-refractivity contribution >= 4 is 21.6 Å². The van der Waals surface area contributed by atoms with Gasteiger partial charge in [-0.15, -0.1) is 0 Å². The summed E-state index contributed by atoms with van der Waals surface area (Å²) in [5.41, 5.74) is -0.851. The molecule has 0 saturated carbocycles. The van der Waals surface area contributed by atoms with Crippen molar-refractivity contribution in [2.45, 2.75) is 6.43 Å². The van der Waals surface area contributed by atoms with Crippen LogP contribution in [0.2, 0.25) is 0 Å². The molecule has 3 nitrogen and oxygen atoms in total. The number of anilines is 1. The normalized spacial score (nSPS) is 9.50. The van der Waals surface area contributed by atoms with E-state index >= 15 is 0 Å². The largest absolute Gasteiger partial charge is 0.357 e. The van der Waals surface area contributed by atoms with E-state index in [0.717, 1.165) is 12.3 Å². The minimum absolute atomic E-state index is 0.0734. The Morgan fingerprint density at radius 3 is 2.39 bits per heavy atom. The van der Waals surface area contributed by atoms with Gasteiger partial charge in [0.15, 0.2) is 0 Å². The minimum Gasteiger partial charge on any atom is -0.357 e. The Morgan fingerprint density at radius 2 is 1.94 bits per heavy atom. The average molecular weight is 316 g/mol. The number of hydrogen-bond acceptors (Lipinski definition) is 3. The van der Waals surface area contributed by atoms with E-state index in [4.69, 9.17) is 10.5 Å². The molecule has 92 valence electrons. The maximum Gasteiger partial charge on any atom is 0.263 e. The molecule has 0 unspecified atom stereocenters. The summed E-state index contributed by atoms with van der Waals surface area (Å²) in [6.07, 6.45) is -1.79. The molecule has 0 amide bonds. The van der Waals surface area contributed by atoms with Crippen LogP contribution in [0, 0.1) is 28.5 Å². The second-order valence-corrected chi connectivity index (χ2v) is 3.94. The summed E-state index contributed by atoms with van der Waals surface area (Å²) >= 11 is 2.93. The van der Waals surface area contributed by atoms with E-state index in [9.17, 15) is 13.2 Å². The number of hydrogen-bond donors (Lipinski definition) is 1. The van der Waals surface area contributed by atoms with Crippen LogP contribution >= 0.6 is 15.9 Å². The van der Waals surface area contributed by atoms with Crippen molar-refractivity contribution in [2.75, 3.05) is 5.32 Å². The number of nitrogens with zero attached hydrogens (tertiary/aromatic N) is 2. The van der Waals surface area contributed by atoms with E-state index in [1.165, 1.54) is 0 Å². The fourth-order valence-corrected chi connectivity index (χ4v) is 1.66. The summed E-state index contributed by atoms with van der Waals surface area (Å²) in [6.45, 7) is 0. The van der Waals surface area contributed by atoms with Gasteiger partial charge in [0.05, 0.1) is 5.69 Å². The summed E-state index contributed by atoms with van der Waals surface area (Å²) in [6, 6.07) is 4.88. The highest BCUT2D eigenvalue weighted by Gasteiger charge is 2.14. The Bertz CT molecular complexity index is 531. The second-order valence-electron chi connectivity index (χ2n) is 3.09. The molecule has 0 aliphatic heterocycles. The molecule has 0 saturated heterocycles. The SMILES string of the molecule is N#CC(C#N)=CNc1c(F)cc(C(F)F)cc1Br. The zero-order valence-electron chi connectivity index (χ0n) is 8.72. The standard InChI is InChI=1S/C11H5BrF3N3/c12-8-1-7(11(14)15)2-9(13)10(8)18-5-6(3-16)4-17/h1-2,5,11,18H. The third-order valence-corrected chi connectivity index (χ3v) is 2.54. The third-order valence-electron chi connectivity index (χ3n) is 1.92. The van der Waals surface area contributed by atoms with Crippen LogP contribution in [0.4, 0.5) is 18.9 Å². The molecule has 1 rings (SSSR count). The molecule has 0 atom stereocenters. The van der Waals surface area contributed by atoms with Gasteiger partial charge in [0.2, 0.25) is 0 Å². The highest BCUT2D eigenvalue weighted by molar-refractivity contribution is 9.10. The summed E-state index contributed by atoms with van der Waals surface area (Å²) in [7, 11) is 0. The first-order chi connectivity index (χ1) is 8.49. The number of alkyl halides is 2. The Kier molecular flexibility index (Phi) is 4.75. The smallest absolute Gasteiger partial charge is 0.263 e. The van der Waals surface area contributed by atoms with E-state index in [1.807, 2.05) is 0 Å². The Labute approximate surface area is 109 Å². The molecule has 0 aliphatic carbocycles. The molecule has 0 fully saturated rings. The van der Waals surface area contributed by atoms with E-state index in [-0.39, 0.29) is 15.7 Å². The zero-order chi connectivity index (χ0) is 13.7. The minimum atomic E-state index is -2.78.